The molecule has 0 fully saturated rings. The first-order chi connectivity index (χ1) is 22.4. The molecule has 3 nitrogen and oxygen atoms in total. The number of rotatable bonds is 2. The number of hydrogen-bond donors (Lipinski definition) is 0. The minimum Gasteiger partial charge on any atom is -0.309 e. The zero-order valence-corrected chi connectivity index (χ0v) is 26.7. The lowest BCUT2D eigenvalue weighted by Crippen LogP contribution is -2.14. The highest BCUT2D eigenvalue weighted by Gasteiger charge is 2.35. The lowest BCUT2D eigenvalue weighted by molar-refractivity contribution is 0.661. The van der Waals surface area contributed by atoms with Gasteiger partial charge in [0, 0.05) is 36.5 Å². The topological polar surface area (TPSA) is 52.5 Å². The highest BCUT2D eigenvalue weighted by molar-refractivity contribution is 7.25. The summed E-state index contributed by atoms with van der Waals surface area (Å²) < 4.78 is 4.87. The molecular weight excluding hydrogens is 579 g/mol. The van der Waals surface area contributed by atoms with Gasteiger partial charge in [0.15, 0.2) is 0 Å². The van der Waals surface area contributed by atoms with E-state index in [4.69, 9.17) is 0 Å². The Balaban J connectivity index is 1.27. The second kappa shape index (κ2) is 9.54. The van der Waals surface area contributed by atoms with Crippen LogP contribution in [0.15, 0.2) is 97.1 Å². The van der Waals surface area contributed by atoms with Gasteiger partial charge in [0.25, 0.3) is 0 Å². The van der Waals surface area contributed by atoms with Crippen molar-refractivity contribution in [2.24, 2.45) is 0 Å². The van der Waals surface area contributed by atoms with E-state index in [1.54, 1.807) is 0 Å². The van der Waals surface area contributed by atoms with E-state index in [9.17, 15) is 10.5 Å². The third-order valence-corrected chi connectivity index (χ3v) is 11.4. The van der Waals surface area contributed by atoms with E-state index < -0.39 is 0 Å². The van der Waals surface area contributed by atoms with Crippen LogP contribution in [0, 0.1) is 22.7 Å². The fourth-order valence-electron chi connectivity index (χ4n) is 8.02. The van der Waals surface area contributed by atoms with Crippen molar-refractivity contribution in [3.8, 4) is 40.1 Å². The number of allylic oxidation sites excluding steroid dienone is 1. The summed E-state index contributed by atoms with van der Waals surface area (Å²) in [6.07, 6.45) is 5.44. The van der Waals surface area contributed by atoms with E-state index in [1.807, 2.05) is 35.6 Å². The Hall–Kier alpha value is -5.42. The Bertz CT molecular complexity index is 2580. The average Bonchev–Trinajstić information content (AvgIpc) is 3.68. The molecule has 7 aromatic rings. The van der Waals surface area contributed by atoms with Crippen molar-refractivity contribution in [3.63, 3.8) is 0 Å². The molecule has 2 aliphatic carbocycles. The number of nitriles is 2. The van der Waals surface area contributed by atoms with E-state index in [-0.39, 0.29) is 5.41 Å². The molecule has 2 aromatic heterocycles. The second-order valence-corrected chi connectivity index (χ2v) is 14.3. The standard InChI is InChI=1S/C42H29N3S/c1-24-7-6-10-38-41(24)33-18-26(23-44)12-16-37(33)45(38)36-15-11-25(22-43)17-30(36)27-13-14-29-32-20-31-28-8-4-5-9-34(28)42(2,3)35(31)21-40(32)46-39(29)19-27/h4-6,8-21,24H,7H2,1-3H3. The molecule has 0 radical (unpaired) electrons. The predicted molar refractivity (Wildman–Crippen MR) is 191 cm³/mol. The Morgan fingerprint density at radius 3 is 2.37 bits per heavy atom. The van der Waals surface area contributed by atoms with E-state index in [1.165, 1.54) is 48.0 Å². The van der Waals surface area contributed by atoms with Crippen molar-refractivity contribution in [2.75, 3.05) is 0 Å². The molecule has 2 heterocycles. The first kappa shape index (κ1) is 26.9. The summed E-state index contributed by atoms with van der Waals surface area (Å²) in [5.74, 6) is 0.341. The zero-order valence-electron chi connectivity index (χ0n) is 25.8. The zero-order chi connectivity index (χ0) is 31.3. The Morgan fingerprint density at radius 1 is 0.739 bits per heavy atom. The van der Waals surface area contributed by atoms with Gasteiger partial charge in [-0.25, -0.2) is 0 Å². The molecule has 9 rings (SSSR count). The molecule has 46 heavy (non-hydrogen) atoms. The van der Waals surface area contributed by atoms with E-state index in [0.717, 1.165) is 39.8 Å². The van der Waals surface area contributed by atoms with Crippen LogP contribution in [0.4, 0.5) is 0 Å². The number of hydrogen-bond acceptors (Lipinski definition) is 3. The van der Waals surface area contributed by atoms with Gasteiger partial charge in [0.1, 0.15) is 0 Å². The van der Waals surface area contributed by atoms with Gasteiger partial charge in [-0.1, -0.05) is 63.2 Å². The highest BCUT2D eigenvalue weighted by atomic mass is 32.1. The number of aromatic nitrogens is 1. The summed E-state index contributed by atoms with van der Waals surface area (Å²) in [6, 6.07) is 37.1. The summed E-state index contributed by atoms with van der Waals surface area (Å²) in [6.45, 7) is 6.93. The minimum absolute atomic E-state index is 0.0350. The fourth-order valence-corrected chi connectivity index (χ4v) is 9.18. The fraction of sp³-hybridized carbons (Fsp3) is 0.143. The van der Waals surface area contributed by atoms with Crippen molar-refractivity contribution in [1.82, 2.24) is 4.57 Å². The van der Waals surface area contributed by atoms with Crippen LogP contribution in [0.1, 0.15) is 66.6 Å². The highest BCUT2D eigenvalue weighted by Crippen LogP contribution is 2.52. The molecule has 0 N–H and O–H groups in total. The van der Waals surface area contributed by atoms with Gasteiger partial charge in [-0.2, -0.15) is 10.5 Å². The summed E-state index contributed by atoms with van der Waals surface area (Å²) >= 11 is 1.85. The molecule has 0 aliphatic heterocycles. The van der Waals surface area contributed by atoms with Gasteiger partial charge in [-0.05, 0) is 106 Å². The minimum atomic E-state index is -0.0350. The van der Waals surface area contributed by atoms with Crippen molar-refractivity contribution >= 4 is 48.5 Å². The third-order valence-electron chi connectivity index (χ3n) is 10.3. The molecule has 0 saturated heterocycles. The molecule has 0 spiro atoms. The molecule has 1 unspecified atom stereocenters. The van der Waals surface area contributed by atoms with E-state index in [2.05, 4.69) is 116 Å². The van der Waals surface area contributed by atoms with Gasteiger partial charge < -0.3 is 4.57 Å². The molecule has 1 atom stereocenters. The maximum atomic E-state index is 9.95. The number of fused-ring (bicyclic) bond motifs is 9. The molecule has 0 saturated carbocycles. The van der Waals surface area contributed by atoms with Crippen molar-refractivity contribution in [3.05, 3.63) is 131 Å². The molecule has 218 valence electrons. The third kappa shape index (κ3) is 3.63. The largest absolute Gasteiger partial charge is 0.309 e. The molecular formula is C42H29N3S. The quantitative estimate of drug-likeness (QED) is 0.196. The lowest BCUT2D eigenvalue weighted by atomic mass is 9.82. The Morgan fingerprint density at radius 2 is 1.52 bits per heavy atom. The second-order valence-electron chi connectivity index (χ2n) is 13.2. The molecule has 4 heteroatoms. The monoisotopic (exact) mass is 607 g/mol. The van der Waals surface area contributed by atoms with Crippen LogP contribution in [0.25, 0.3) is 65.1 Å². The summed E-state index contributed by atoms with van der Waals surface area (Å²) in [5, 5.41) is 23.3. The van der Waals surface area contributed by atoms with Crippen molar-refractivity contribution < 1.29 is 0 Å². The first-order valence-corrected chi connectivity index (χ1v) is 16.6. The van der Waals surface area contributed by atoms with E-state index >= 15 is 0 Å². The maximum absolute atomic E-state index is 9.95. The van der Waals surface area contributed by atoms with E-state index in [0.29, 0.717) is 17.0 Å². The number of thiophene rings is 1. The summed E-state index contributed by atoms with van der Waals surface area (Å²) in [7, 11) is 0. The van der Waals surface area contributed by atoms with Crippen LogP contribution in [-0.4, -0.2) is 4.57 Å². The van der Waals surface area contributed by atoms with Crippen LogP contribution in [0.2, 0.25) is 0 Å². The lowest BCUT2D eigenvalue weighted by Gasteiger charge is -2.21. The molecule has 2 aliphatic rings. The van der Waals surface area contributed by atoms with Gasteiger partial charge in [0.05, 0.1) is 40.2 Å². The smallest absolute Gasteiger partial charge is 0.0991 e. The number of benzene rings is 5. The van der Waals surface area contributed by atoms with Gasteiger partial charge in [-0.15, -0.1) is 11.3 Å². The Labute approximate surface area is 271 Å². The normalized spacial score (nSPS) is 15.9. The average molecular weight is 608 g/mol. The van der Waals surface area contributed by atoms with Gasteiger partial charge in [0.2, 0.25) is 0 Å². The molecule has 0 amide bonds. The first-order valence-electron chi connectivity index (χ1n) is 15.8. The van der Waals surface area contributed by atoms with Crippen LogP contribution >= 0.6 is 11.3 Å². The van der Waals surface area contributed by atoms with Crippen molar-refractivity contribution in [2.45, 2.75) is 38.5 Å². The summed E-state index contributed by atoms with van der Waals surface area (Å²) in [4.78, 5) is 0. The number of nitrogens with zero attached hydrogens (tertiary/aromatic N) is 3. The van der Waals surface area contributed by atoms with Gasteiger partial charge >= 0.3 is 0 Å². The van der Waals surface area contributed by atoms with Crippen LogP contribution in [0.5, 0.6) is 0 Å². The van der Waals surface area contributed by atoms with Crippen LogP contribution in [0.3, 0.4) is 0 Å². The molecule has 5 aromatic carbocycles. The predicted octanol–water partition coefficient (Wildman–Crippen LogP) is 11.2. The summed E-state index contributed by atoms with van der Waals surface area (Å²) in [5.41, 5.74) is 13.4. The van der Waals surface area contributed by atoms with Gasteiger partial charge in [-0.3, -0.25) is 0 Å². The Kier molecular flexibility index (Phi) is 5.59. The van der Waals surface area contributed by atoms with Crippen LogP contribution < -0.4 is 0 Å². The maximum Gasteiger partial charge on any atom is 0.0991 e. The van der Waals surface area contributed by atoms with Crippen LogP contribution in [-0.2, 0) is 5.41 Å². The SMILES string of the molecule is CC1CC=Cc2c1c1cc(C#N)ccc1n2-c1ccc(C#N)cc1-c1ccc2c(c1)sc1cc3c(cc12)-c1ccccc1C3(C)C. The van der Waals surface area contributed by atoms with Crippen molar-refractivity contribution in [1.29, 1.82) is 10.5 Å². The molecule has 0 bridgehead atoms.